The number of carbonyl (C=O) groups is 1. The third-order valence-corrected chi connectivity index (χ3v) is 4.72. The summed E-state index contributed by atoms with van der Waals surface area (Å²) < 4.78 is 10.5. The Labute approximate surface area is 156 Å². The average Bonchev–Trinajstić information content (AvgIpc) is 3.26. The van der Waals surface area contributed by atoms with E-state index in [4.69, 9.17) is 14.1 Å². The molecule has 0 unspecified atom stereocenters. The molecule has 1 fully saturated rings. The molecule has 7 nitrogen and oxygen atoms in total. The first-order chi connectivity index (χ1) is 13.2. The summed E-state index contributed by atoms with van der Waals surface area (Å²) >= 11 is 0. The third-order valence-electron chi connectivity index (χ3n) is 4.72. The number of nitrogens with zero attached hydrogens (tertiary/aromatic N) is 4. The lowest BCUT2D eigenvalue weighted by Crippen LogP contribution is -2.49. The number of amides is 1. The van der Waals surface area contributed by atoms with Crippen molar-refractivity contribution in [3.05, 3.63) is 54.0 Å². The maximum Gasteiger partial charge on any atom is 0.289 e. The first-order valence-corrected chi connectivity index (χ1v) is 8.66. The lowest BCUT2D eigenvalue weighted by Gasteiger charge is -2.35. The Morgan fingerprint density at radius 2 is 2.04 bits per heavy atom. The maximum atomic E-state index is 12.4. The highest BCUT2D eigenvalue weighted by Gasteiger charge is 2.25. The number of aromatic nitrogens is 1. The van der Waals surface area contributed by atoms with Crippen LogP contribution in [-0.2, 0) is 0 Å². The number of fused-ring (bicyclic) bond motifs is 1. The van der Waals surface area contributed by atoms with E-state index in [9.17, 15) is 10.1 Å². The highest BCUT2D eigenvalue weighted by molar-refractivity contribution is 5.91. The lowest BCUT2D eigenvalue weighted by atomic mass is 10.1. The first kappa shape index (κ1) is 16.9. The molecule has 0 saturated carbocycles. The van der Waals surface area contributed by atoms with Crippen molar-refractivity contribution in [2.75, 3.05) is 38.2 Å². The van der Waals surface area contributed by atoms with Gasteiger partial charge in [-0.2, -0.15) is 5.26 Å². The standard InChI is InChI=1S/C20H18N4O3/c1-26-16-5-4-14-11-15(13-21)19(22-17(14)12-16)23-6-8-24(9-7-23)20(25)18-3-2-10-27-18/h2-5,10-12H,6-9H2,1H3. The Hall–Kier alpha value is -3.53. The fourth-order valence-corrected chi connectivity index (χ4v) is 3.26. The second-order valence-electron chi connectivity index (χ2n) is 6.29. The van der Waals surface area contributed by atoms with Gasteiger partial charge < -0.3 is 19.0 Å². The average molecular weight is 362 g/mol. The Morgan fingerprint density at radius 3 is 2.70 bits per heavy atom. The summed E-state index contributed by atoms with van der Waals surface area (Å²) in [5, 5.41) is 10.4. The smallest absolute Gasteiger partial charge is 0.289 e. The van der Waals surface area contributed by atoms with Gasteiger partial charge in [-0.15, -0.1) is 0 Å². The monoisotopic (exact) mass is 362 g/mol. The molecule has 7 heteroatoms. The number of piperazine rings is 1. The van der Waals surface area contributed by atoms with E-state index in [2.05, 4.69) is 6.07 Å². The van der Waals surface area contributed by atoms with Crippen LogP contribution in [0.2, 0.25) is 0 Å². The van der Waals surface area contributed by atoms with Crippen LogP contribution in [0.25, 0.3) is 10.9 Å². The van der Waals surface area contributed by atoms with Gasteiger partial charge in [-0.1, -0.05) is 0 Å². The summed E-state index contributed by atoms with van der Waals surface area (Å²) in [5.74, 6) is 1.59. The molecule has 0 bridgehead atoms. The number of anilines is 1. The van der Waals surface area contributed by atoms with E-state index in [-0.39, 0.29) is 5.91 Å². The zero-order valence-corrected chi connectivity index (χ0v) is 14.9. The van der Waals surface area contributed by atoms with Crippen LogP contribution >= 0.6 is 0 Å². The molecule has 136 valence electrons. The minimum atomic E-state index is -0.114. The molecule has 3 aromatic rings. The Balaban J connectivity index is 1.57. The molecule has 4 rings (SSSR count). The molecule has 2 aromatic heterocycles. The van der Waals surface area contributed by atoms with Crippen LogP contribution in [0.4, 0.5) is 5.82 Å². The largest absolute Gasteiger partial charge is 0.497 e. The van der Waals surface area contributed by atoms with Gasteiger partial charge in [0.25, 0.3) is 5.91 Å². The number of hydrogen-bond donors (Lipinski definition) is 0. The second-order valence-corrected chi connectivity index (χ2v) is 6.29. The third kappa shape index (κ3) is 3.17. The van der Waals surface area contributed by atoms with E-state index in [1.165, 1.54) is 6.26 Å². The maximum absolute atomic E-state index is 12.4. The highest BCUT2D eigenvalue weighted by Crippen LogP contribution is 2.27. The summed E-state index contributed by atoms with van der Waals surface area (Å²) in [6, 6.07) is 13.1. The molecule has 27 heavy (non-hydrogen) atoms. The number of nitriles is 1. The SMILES string of the molecule is COc1ccc2cc(C#N)c(N3CCN(C(=O)c4ccco4)CC3)nc2c1. The highest BCUT2D eigenvalue weighted by atomic mass is 16.5. The van der Waals surface area contributed by atoms with Crippen molar-refractivity contribution >= 4 is 22.6 Å². The lowest BCUT2D eigenvalue weighted by molar-refractivity contribution is 0.0714. The zero-order chi connectivity index (χ0) is 18.8. The van der Waals surface area contributed by atoms with Crippen molar-refractivity contribution in [1.29, 1.82) is 5.26 Å². The molecule has 1 amide bonds. The Bertz CT molecular complexity index is 1020. The van der Waals surface area contributed by atoms with E-state index in [0.29, 0.717) is 43.3 Å². The molecule has 0 spiro atoms. The van der Waals surface area contributed by atoms with Gasteiger partial charge in [-0.3, -0.25) is 4.79 Å². The van der Waals surface area contributed by atoms with E-state index >= 15 is 0 Å². The van der Waals surface area contributed by atoms with Crippen LogP contribution in [0.1, 0.15) is 16.1 Å². The van der Waals surface area contributed by atoms with Crippen molar-refractivity contribution in [2.45, 2.75) is 0 Å². The summed E-state index contributed by atoms with van der Waals surface area (Å²) in [6.07, 6.45) is 1.50. The molecular formula is C20H18N4O3. The number of carbonyl (C=O) groups excluding carboxylic acids is 1. The van der Waals surface area contributed by atoms with Crippen molar-refractivity contribution in [2.24, 2.45) is 0 Å². The quantitative estimate of drug-likeness (QED) is 0.712. The molecule has 0 radical (unpaired) electrons. The minimum Gasteiger partial charge on any atom is -0.497 e. The molecule has 1 saturated heterocycles. The second kappa shape index (κ2) is 7.00. The van der Waals surface area contributed by atoms with Crippen LogP contribution in [0, 0.1) is 11.3 Å². The summed E-state index contributed by atoms with van der Waals surface area (Å²) in [4.78, 5) is 20.9. The fraction of sp³-hybridized carbons (Fsp3) is 0.250. The molecule has 1 aliphatic rings. The van der Waals surface area contributed by atoms with Gasteiger partial charge in [0.15, 0.2) is 5.76 Å². The molecule has 0 atom stereocenters. The van der Waals surface area contributed by atoms with Gasteiger partial charge in [0, 0.05) is 37.6 Å². The minimum absolute atomic E-state index is 0.114. The first-order valence-electron chi connectivity index (χ1n) is 8.66. The van der Waals surface area contributed by atoms with E-state index in [0.717, 1.165) is 16.7 Å². The normalized spacial score (nSPS) is 14.2. The number of hydrogen-bond acceptors (Lipinski definition) is 6. The number of ether oxygens (including phenoxy) is 1. The van der Waals surface area contributed by atoms with Crippen LogP contribution in [0.3, 0.4) is 0 Å². The summed E-state index contributed by atoms with van der Waals surface area (Å²) in [7, 11) is 1.61. The van der Waals surface area contributed by atoms with Gasteiger partial charge in [-0.05, 0) is 30.3 Å². The van der Waals surface area contributed by atoms with Gasteiger partial charge in [0.2, 0.25) is 0 Å². The van der Waals surface area contributed by atoms with Crippen molar-refractivity contribution < 1.29 is 13.9 Å². The molecule has 1 aliphatic heterocycles. The topological polar surface area (TPSA) is 82.6 Å². The van der Waals surface area contributed by atoms with E-state index in [1.807, 2.05) is 29.2 Å². The van der Waals surface area contributed by atoms with Crippen LogP contribution in [0.5, 0.6) is 5.75 Å². The van der Waals surface area contributed by atoms with Gasteiger partial charge in [-0.25, -0.2) is 4.98 Å². The summed E-state index contributed by atoms with van der Waals surface area (Å²) in [6.45, 7) is 2.29. The Kier molecular flexibility index (Phi) is 4.38. The predicted molar refractivity (Wildman–Crippen MR) is 99.8 cm³/mol. The van der Waals surface area contributed by atoms with Crippen molar-refractivity contribution in [1.82, 2.24) is 9.88 Å². The number of furan rings is 1. The van der Waals surface area contributed by atoms with E-state index < -0.39 is 0 Å². The summed E-state index contributed by atoms with van der Waals surface area (Å²) in [5.41, 5.74) is 1.30. The molecule has 1 aromatic carbocycles. The number of rotatable bonds is 3. The predicted octanol–water partition coefficient (Wildman–Crippen LogP) is 2.67. The fourth-order valence-electron chi connectivity index (χ4n) is 3.26. The van der Waals surface area contributed by atoms with Gasteiger partial charge in [0.1, 0.15) is 17.6 Å². The zero-order valence-electron chi connectivity index (χ0n) is 14.9. The van der Waals surface area contributed by atoms with E-state index in [1.54, 1.807) is 24.1 Å². The van der Waals surface area contributed by atoms with Gasteiger partial charge >= 0.3 is 0 Å². The molecular weight excluding hydrogens is 344 g/mol. The Morgan fingerprint density at radius 1 is 1.22 bits per heavy atom. The van der Waals surface area contributed by atoms with Crippen LogP contribution in [0.15, 0.2) is 47.1 Å². The van der Waals surface area contributed by atoms with Crippen LogP contribution in [-0.4, -0.2) is 49.1 Å². The molecule has 0 N–H and O–H groups in total. The number of benzene rings is 1. The van der Waals surface area contributed by atoms with Gasteiger partial charge in [0.05, 0.1) is 24.5 Å². The van der Waals surface area contributed by atoms with Crippen molar-refractivity contribution in [3.63, 3.8) is 0 Å². The molecule has 3 heterocycles. The number of pyridine rings is 1. The number of methoxy groups -OCH3 is 1. The van der Waals surface area contributed by atoms with Crippen LogP contribution < -0.4 is 9.64 Å². The molecule has 0 aliphatic carbocycles. The van der Waals surface area contributed by atoms with Crippen molar-refractivity contribution in [3.8, 4) is 11.8 Å².